The van der Waals surface area contributed by atoms with E-state index in [9.17, 15) is 29.7 Å². The number of ether oxygens (including phenoxy) is 8. The molecule has 4 heterocycles. The molecule has 4 aliphatic rings. The number of aliphatic hydroxyl groups is 3. The van der Waals surface area contributed by atoms with Crippen molar-refractivity contribution in [1.29, 1.82) is 0 Å². The lowest BCUT2D eigenvalue weighted by Crippen LogP contribution is -2.65. The first-order valence-electron chi connectivity index (χ1n) is 21.8. The van der Waals surface area contributed by atoms with Crippen molar-refractivity contribution in [3.05, 3.63) is 24.3 Å². The minimum atomic E-state index is -1.44. The fraction of sp³-hybridized carbons (Fsp3) is 0.841. The van der Waals surface area contributed by atoms with Crippen LogP contribution in [0.1, 0.15) is 99.3 Å². The van der Waals surface area contributed by atoms with E-state index in [0.29, 0.717) is 19.3 Å². The first-order valence-corrected chi connectivity index (χ1v) is 21.8. The molecular weight excluding hydrogens is 780 g/mol. The maximum absolute atomic E-state index is 13.3. The van der Waals surface area contributed by atoms with Gasteiger partial charge in [0.05, 0.1) is 49.1 Å². The van der Waals surface area contributed by atoms with Gasteiger partial charge in [0.25, 0.3) is 0 Å². The van der Waals surface area contributed by atoms with Crippen LogP contribution in [-0.2, 0) is 52.3 Å². The SMILES string of the molecule is CCC(=O)OC1CC(=O)O[C@H](C)C/C=C/C=C\C(O[C@H]2CC[C@H](N(C)C)[C@@H](C)O2)[C@H](C)C[C@H](CC=O)[C@H](O[C@@H]2O[C@H](C)[C@@H](O[C@@H]3C[C@](C)(O)[C@H](O)CO3)[C@H](N(C)C)[C@H]2O)C1. The molecule has 3 saturated heterocycles. The monoisotopic (exact) mass is 855 g/mol. The molecule has 0 saturated carbocycles. The van der Waals surface area contributed by atoms with E-state index in [0.717, 1.165) is 12.7 Å². The number of aldehydes is 1. The van der Waals surface area contributed by atoms with Crippen molar-refractivity contribution < 1.29 is 67.6 Å². The molecule has 4 rings (SSSR count). The van der Waals surface area contributed by atoms with E-state index >= 15 is 0 Å². The van der Waals surface area contributed by atoms with Crippen LogP contribution in [0.3, 0.4) is 0 Å². The van der Waals surface area contributed by atoms with Crippen LogP contribution in [0.2, 0.25) is 0 Å². The van der Waals surface area contributed by atoms with Crippen LogP contribution < -0.4 is 0 Å². The summed E-state index contributed by atoms with van der Waals surface area (Å²) in [6.45, 7) is 10.7. The van der Waals surface area contributed by atoms with Crippen LogP contribution in [0.25, 0.3) is 0 Å². The Bertz CT molecular complexity index is 1410. The lowest BCUT2D eigenvalue weighted by Gasteiger charge is -2.49. The van der Waals surface area contributed by atoms with Gasteiger partial charge in [-0.05, 0) is 87.0 Å². The fourth-order valence-corrected chi connectivity index (χ4v) is 8.74. The molecule has 3 fully saturated rings. The highest BCUT2D eigenvalue weighted by molar-refractivity contribution is 5.72. The number of aliphatic hydroxyl groups excluding tert-OH is 2. The van der Waals surface area contributed by atoms with E-state index in [1.165, 1.54) is 6.92 Å². The van der Waals surface area contributed by atoms with E-state index < -0.39 is 97.2 Å². The standard InChI is InChI=1S/C44H74N2O14/c1-11-36(49)57-31-22-34(59-43-41(51)40(46(9)10)42(29(5)56-43)60-39-24-44(6,52)35(48)25-53-39)30(19-20-47)21-26(2)33(16-14-12-13-15-27(3)54-37(50)23-31)58-38-18-17-32(45(7)8)28(4)55-38/h12-14,16,20,26-35,38-43,48,51-52H,11,15,17-19,21-25H2,1-10H3/b13-12+,16-14-/t26-,27-,28-,29-,30+,31?,32+,33?,34-,35-,38+,39-,40-,41-,42-,43+,44+/m1/s1. The Balaban J connectivity index is 1.67. The number of likely N-dealkylation sites (N-methyl/N-ethyl adjacent to an activating group) is 2. The maximum Gasteiger partial charge on any atom is 0.309 e. The highest BCUT2D eigenvalue weighted by atomic mass is 16.7. The quantitative estimate of drug-likeness (QED) is 0.191. The predicted octanol–water partition coefficient (Wildman–Crippen LogP) is 3.27. The summed E-state index contributed by atoms with van der Waals surface area (Å²) < 4.78 is 49.9. The summed E-state index contributed by atoms with van der Waals surface area (Å²) in [6.07, 6.45) is 1.71. The minimum absolute atomic E-state index is 0.00103. The molecule has 0 aliphatic carbocycles. The zero-order valence-corrected chi connectivity index (χ0v) is 37.4. The summed E-state index contributed by atoms with van der Waals surface area (Å²) in [5.41, 5.74) is -1.44. The van der Waals surface area contributed by atoms with Gasteiger partial charge in [0.15, 0.2) is 18.9 Å². The highest BCUT2D eigenvalue weighted by Gasteiger charge is 2.50. The summed E-state index contributed by atoms with van der Waals surface area (Å²) in [7, 11) is 7.67. The zero-order valence-electron chi connectivity index (χ0n) is 37.4. The Morgan fingerprint density at radius 1 is 0.967 bits per heavy atom. The van der Waals surface area contributed by atoms with Crippen molar-refractivity contribution in [3.8, 4) is 0 Å². The number of hydrogen-bond acceptors (Lipinski definition) is 16. The van der Waals surface area contributed by atoms with Gasteiger partial charge >= 0.3 is 11.9 Å². The number of esters is 2. The first-order chi connectivity index (χ1) is 28.3. The van der Waals surface area contributed by atoms with E-state index in [-0.39, 0.29) is 56.8 Å². The second-order valence-corrected chi connectivity index (χ2v) is 17.9. The van der Waals surface area contributed by atoms with Gasteiger partial charge in [-0.25, -0.2) is 0 Å². The summed E-state index contributed by atoms with van der Waals surface area (Å²) >= 11 is 0. The Labute approximate surface area is 356 Å². The molecule has 2 unspecified atom stereocenters. The zero-order chi connectivity index (χ0) is 44.3. The van der Waals surface area contributed by atoms with Gasteiger partial charge in [0, 0.05) is 38.1 Å². The number of cyclic esters (lactones) is 1. The second kappa shape index (κ2) is 23.4. The summed E-state index contributed by atoms with van der Waals surface area (Å²) in [4.78, 5) is 42.6. The van der Waals surface area contributed by atoms with Crippen LogP contribution in [0.5, 0.6) is 0 Å². The van der Waals surface area contributed by atoms with Crippen molar-refractivity contribution in [2.24, 2.45) is 11.8 Å². The Morgan fingerprint density at radius 2 is 1.70 bits per heavy atom. The summed E-state index contributed by atoms with van der Waals surface area (Å²) in [6, 6.07) is -0.432. The third-order valence-electron chi connectivity index (χ3n) is 12.3. The molecule has 0 amide bonds. The first kappa shape index (κ1) is 50.3. The largest absolute Gasteiger partial charge is 0.462 e. The van der Waals surface area contributed by atoms with Gasteiger partial charge in [-0.15, -0.1) is 0 Å². The molecule has 16 heteroatoms. The fourth-order valence-electron chi connectivity index (χ4n) is 8.74. The molecule has 3 N–H and O–H groups in total. The third-order valence-corrected chi connectivity index (χ3v) is 12.3. The molecule has 344 valence electrons. The molecule has 0 bridgehead atoms. The molecule has 4 aliphatic heterocycles. The van der Waals surface area contributed by atoms with Gasteiger partial charge in [0.2, 0.25) is 0 Å². The predicted molar refractivity (Wildman–Crippen MR) is 220 cm³/mol. The molecule has 0 radical (unpaired) electrons. The maximum atomic E-state index is 13.3. The summed E-state index contributed by atoms with van der Waals surface area (Å²) in [5.74, 6) is -1.76. The second-order valence-electron chi connectivity index (χ2n) is 17.9. The van der Waals surface area contributed by atoms with Crippen molar-refractivity contribution in [3.63, 3.8) is 0 Å². The molecule has 0 aromatic heterocycles. The molecule has 0 aromatic rings. The van der Waals surface area contributed by atoms with Gasteiger partial charge in [-0.1, -0.05) is 38.2 Å². The van der Waals surface area contributed by atoms with E-state index in [2.05, 4.69) is 11.8 Å². The molecule has 0 aromatic carbocycles. The Hall–Kier alpha value is -2.35. The molecule has 17 atom stereocenters. The third kappa shape index (κ3) is 14.3. The summed E-state index contributed by atoms with van der Waals surface area (Å²) in [5, 5.41) is 33.0. The average molecular weight is 855 g/mol. The molecule has 16 nitrogen and oxygen atoms in total. The topological polar surface area (TPSA) is 192 Å². The smallest absolute Gasteiger partial charge is 0.309 e. The van der Waals surface area contributed by atoms with E-state index in [4.69, 9.17) is 37.9 Å². The lowest BCUT2D eigenvalue weighted by atomic mass is 9.83. The highest BCUT2D eigenvalue weighted by Crippen LogP contribution is 2.36. The Kier molecular flexibility index (Phi) is 19.6. The number of allylic oxidation sites excluding steroid dienone is 2. The number of carbonyl (C=O) groups is 3. The van der Waals surface area contributed by atoms with Gasteiger partial charge in [0.1, 0.15) is 36.8 Å². The number of rotatable bonds is 12. The van der Waals surface area contributed by atoms with E-state index in [1.54, 1.807) is 39.8 Å². The van der Waals surface area contributed by atoms with Crippen molar-refractivity contribution in [1.82, 2.24) is 9.80 Å². The number of hydrogen-bond donors (Lipinski definition) is 3. The van der Waals surface area contributed by atoms with Crippen molar-refractivity contribution in [2.75, 3.05) is 34.8 Å². The van der Waals surface area contributed by atoms with Gasteiger partial charge in [-0.3, -0.25) is 9.59 Å². The van der Waals surface area contributed by atoms with Crippen LogP contribution >= 0.6 is 0 Å². The van der Waals surface area contributed by atoms with Crippen molar-refractivity contribution >= 4 is 18.2 Å². The van der Waals surface area contributed by atoms with Gasteiger partial charge < -0.3 is 67.8 Å². The van der Waals surface area contributed by atoms with Crippen LogP contribution in [0, 0.1) is 11.8 Å². The van der Waals surface area contributed by atoms with Gasteiger partial charge in [-0.2, -0.15) is 0 Å². The van der Waals surface area contributed by atoms with Crippen LogP contribution in [-0.4, -0.2) is 170 Å². The molecule has 0 spiro atoms. The minimum Gasteiger partial charge on any atom is -0.462 e. The molecule has 60 heavy (non-hydrogen) atoms. The number of nitrogens with zero attached hydrogens (tertiary/aromatic N) is 2. The number of carbonyl (C=O) groups excluding carboxylic acids is 3. The van der Waals surface area contributed by atoms with Crippen LogP contribution in [0.15, 0.2) is 24.3 Å². The van der Waals surface area contributed by atoms with Crippen molar-refractivity contribution in [2.45, 2.75) is 191 Å². The lowest BCUT2D eigenvalue weighted by molar-refractivity contribution is -0.332. The Morgan fingerprint density at radius 3 is 2.33 bits per heavy atom. The molecular formula is C44H74N2O14. The van der Waals surface area contributed by atoms with E-state index in [1.807, 2.05) is 45.3 Å². The van der Waals surface area contributed by atoms with Crippen LogP contribution in [0.4, 0.5) is 0 Å². The normalized spacial score (nSPS) is 42.6. The average Bonchev–Trinajstić information content (AvgIpc) is 3.16.